The zero-order valence-corrected chi connectivity index (χ0v) is 42.3. The monoisotopic (exact) mass is 876 g/mol. The second-order valence-corrected chi connectivity index (χ2v) is 19.9. The van der Waals surface area contributed by atoms with Gasteiger partial charge in [0.2, 0.25) is 5.91 Å². The number of aliphatic hydroxyl groups excluding tert-OH is 3. The lowest BCUT2D eigenvalue weighted by atomic mass is 10.0. The van der Waals surface area contributed by atoms with Gasteiger partial charge in [0.1, 0.15) is 0 Å². The summed E-state index contributed by atoms with van der Waals surface area (Å²) in [5.41, 5.74) is 0. The van der Waals surface area contributed by atoms with Crippen molar-refractivity contribution in [3.8, 4) is 0 Å². The van der Waals surface area contributed by atoms with E-state index in [9.17, 15) is 20.1 Å². The van der Waals surface area contributed by atoms with E-state index in [0.29, 0.717) is 12.8 Å². The van der Waals surface area contributed by atoms with Crippen LogP contribution < -0.4 is 5.32 Å². The van der Waals surface area contributed by atoms with Gasteiger partial charge in [-0.15, -0.1) is 0 Å². The first kappa shape index (κ1) is 61.1. The lowest BCUT2D eigenvalue weighted by Crippen LogP contribution is -2.46. The van der Waals surface area contributed by atoms with Crippen LogP contribution in [-0.2, 0) is 4.79 Å². The number of hydrogen-bond donors (Lipinski definition) is 4. The Morgan fingerprint density at radius 3 is 0.935 bits per heavy atom. The number of aliphatic hydroxyl groups is 3. The average Bonchev–Trinajstić information content (AvgIpc) is 3.27. The van der Waals surface area contributed by atoms with Gasteiger partial charge in [0.25, 0.3) is 0 Å². The van der Waals surface area contributed by atoms with Crippen LogP contribution in [0.4, 0.5) is 0 Å². The molecule has 0 heterocycles. The Kier molecular flexibility index (Phi) is 51.9. The van der Waals surface area contributed by atoms with Crippen molar-refractivity contribution in [3.63, 3.8) is 0 Å². The zero-order valence-electron chi connectivity index (χ0n) is 42.3. The highest BCUT2D eigenvalue weighted by molar-refractivity contribution is 5.76. The summed E-state index contributed by atoms with van der Waals surface area (Å²) >= 11 is 0. The Hall–Kier alpha value is -0.910. The summed E-state index contributed by atoms with van der Waals surface area (Å²) in [6.45, 7) is 4.30. The molecule has 0 aromatic carbocycles. The number of carbonyl (C=O) groups excluding carboxylic acids is 1. The van der Waals surface area contributed by atoms with Crippen molar-refractivity contribution < 1.29 is 20.1 Å². The van der Waals surface area contributed by atoms with Gasteiger partial charge < -0.3 is 20.6 Å². The zero-order chi connectivity index (χ0) is 45.1. The molecule has 1 amide bonds. The minimum Gasteiger partial charge on any atom is -0.394 e. The van der Waals surface area contributed by atoms with Crippen LogP contribution in [0, 0.1) is 0 Å². The third kappa shape index (κ3) is 48.5. The van der Waals surface area contributed by atoms with Crippen LogP contribution in [0.15, 0.2) is 12.2 Å². The smallest absolute Gasteiger partial charge is 0.222 e. The van der Waals surface area contributed by atoms with Gasteiger partial charge in [0.05, 0.1) is 31.3 Å². The van der Waals surface area contributed by atoms with Gasteiger partial charge in [-0.1, -0.05) is 289 Å². The number of nitrogens with one attached hydrogen (secondary N) is 1. The van der Waals surface area contributed by atoms with Crippen molar-refractivity contribution in [2.45, 2.75) is 340 Å². The molecule has 0 rings (SSSR count). The van der Waals surface area contributed by atoms with Crippen molar-refractivity contribution in [3.05, 3.63) is 12.2 Å². The standard InChI is InChI=1S/C57H113NO4/c1-3-5-7-9-11-13-15-17-19-21-23-24-25-26-27-28-29-30-31-33-34-36-38-40-42-44-46-48-50-54(60)52-57(62)58-55(53-59)56(61)51-49-47-45-43-41-39-37-35-32-22-20-18-16-14-12-10-8-6-4-2/h26-27,54-56,59-61H,3-25,28-53H2,1-2H3,(H,58,62)/b27-26-. The molecule has 0 saturated heterocycles. The second-order valence-electron chi connectivity index (χ2n) is 19.9. The molecule has 0 spiro atoms. The normalized spacial score (nSPS) is 13.3. The summed E-state index contributed by atoms with van der Waals surface area (Å²) in [6, 6.07) is -0.656. The highest BCUT2D eigenvalue weighted by Crippen LogP contribution is 2.18. The first-order valence-electron chi connectivity index (χ1n) is 28.5. The fourth-order valence-corrected chi connectivity index (χ4v) is 9.23. The molecule has 0 aliphatic rings. The number of hydrogen-bond acceptors (Lipinski definition) is 4. The minimum atomic E-state index is -0.747. The molecule has 4 N–H and O–H groups in total. The van der Waals surface area contributed by atoms with Crippen molar-refractivity contribution in [1.29, 1.82) is 0 Å². The van der Waals surface area contributed by atoms with Gasteiger partial charge in [0, 0.05) is 0 Å². The molecule has 0 bridgehead atoms. The van der Waals surface area contributed by atoms with Gasteiger partial charge in [0.15, 0.2) is 0 Å². The van der Waals surface area contributed by atoms with Crippen LogP contribution in [0.1, 0.15) is 322 Å². The SMILES string of the molecule is CCCCCCCCCCCCCC/C=C\CCCCCCCCCCCCCCC(O)CC(=O)NC(CO)C(O)CCCCCCCCCCCCCCCCCCCCC. The second kappa shape index (κ2) is 52.7. The van der Waals surface area contributed by atoms with Crippen molar-refractivity contribution in [2.24, 2.45) is 0 Å². The Morgan fingerprint density at radius 1 is 0.387 bits per heavy atom. The van der Waals surface area contributed by atoms with Crippen LogP contribution in [0.25, 0.3) is 0 Å². The summed E-state index contributed by atoms with van der Waals surface area (Å²) in [5.74, 6) is -0.277. The summed E-state index contributed by atoms with van der Waals surface area (Å²) in [6.07, 6.45) is 65.1. The van der Waals surface area contributed by atoms with Gasteiger partial charge in [-0.05, 0) is 38.5 Å². The number of rotatable bonds is 53. The molecule has 0 aromatic rings. The highest BCUT2D eigenvalue weighted by atomic mass is 16.3. The molecule has 0 fully saturated rings. The Labute approximate surface area is 389 Å². The first-order valence-corrected chi connectivity index (χ1v) is 28.5. The minimum absolute atomic E-state index is 0.0404. The molecule has 3 atom stereocenters. The molecule has 5 nitrogen and oxygen atoms in total. The van der Waals surface area contributed by atoms with E-state index in [4.69, 9.17) is 0 Å². The van der Waals surface area contributed by atoms with Crippen molar-refractivity contribution in [2.75, 3.05) is 6.61 Å². The molecule has 62 heavy (non-hydrogen) atoms. The molecule has 0 aromatic heterocycles. The lowest BCUT2D eigenvalue weighted by molar-refractivity contribution is -0.125. The Balaban J connectivity index is 3.50. The van der Waals surface area contributed by atoms with E-state index in [0.717, 1.165) is 25.7 Å². The number of allylic oxidation sites excluding steroid dienone is 2. The van der Waals surface area contributed by atoms with Crippen LogP contribution in [0.2, 0.25) is 0 Å². The predicted octanol–water partition coefficient (Wildman–Crippen LogP) is 17.5. The van der Waals surface area contributed by atoms with Crippen LogP contribution in [-0.4, -0.2) is 46.1 Å². The van der Waals surface area contributed by atoms with E-state index in [1.165, 1.54) is 263 Å². The van der Waals surface area contributed by atoms with Gasteiger partial charge in [-0.25, -0.2) is 0 Å². The van der Waals surface area contributed by atoms with E-state index in [1.807, 2.05) is 0 Å². The topological polar surface area (TPSA) is 89.8 Å². The molecule has 0 saturated carbocycles. The van der Waals surface area contributed by atoms with E-state index < -0.39 is 18.2 Å². The van der Waals surface area contributed by atoms with Crippen LogP contribution in [0.5, 0.6) is 0 Å². The molecular formula is C57H113NO4. The van der Waals surface area contributed by atoms with Crippen LogP contribution in [0.3, 0.4) is 0 Å². The van der Waals surface area contributed by atoms with Gasteiger partial charge >= 0.3 is 0 Å². The maximum atomic E-state index is 12.5. The van der Waals surface area contributed by atoms with E-state index >= 15 is 0 Å². The van der Waals surface area contributed by atoms with Crippen LogP contribution >= 0.6 is 0 Å². The lowest BCUT2D eigenvalue weighted by Gasteiger charge is -2.23. The molecule has 0 aliphatic heterocycles. The van der Waals surface area contributed by atoms with Gasteiger partial charge in [-0.3, -0.25) is 4.79 Å². The predicted molar refractivity (Wildman–Crippen MR) is 273 cm³/mol. The Bertz CT molecular complexity index is 879. The number of amides is 1. The van der Waals surface area contributed by atoms with Crippen molar-refractivity contribution >= 4 is 5.91 Å². The number of carbonyl (C=O) groups is 1. The number of unbranched alkanes of at least 4 members (excludes halogenated alkanes) is 42. The quantitative estimate of drug-likeness (QED) is 0.0362. The molecular weight excluding hydrogens is 763 g/mol. The first-order chi connectivity index (χ1) is 30.5. The molecule has 370 valence electrons. The molecule has 5 heteroatoms. The highest BCUT2D eigenvalue weighted by Gasteiger charge is 2.21. The van der Waals surface area contributed by atoms with E-state index in [1.54, 1.807) is 0 Å². The third-order valence-corrected chi connectivity index (χ3v) is 13.6. The summed E-state index contributed by atoms with van der Waals surface area (Å²) in [4.78, 5) is 12.5. The fourth-order valence-electron chi connectivity index (χ4n) is 9.23. The maximum absolute atomic E-state index is 12.5. The van der Waals surface area contributed by atoms with E-state index in [-0.39, 0.29) is 18.9 Å². The van der Waals surface area contributed by atoms with Gasteiger partial charge in [-0.2, -0.15) is 0 Å². The largest absolute Gasteiger partial charge is 0.394 e. The molecule has 3 unspecified atom stereocenters. The summed E-state index contributed by atoms with van der Waals surface area (Å²) in [7, 11) is 0. The Morgan fingerprint density at radius 2 is 0.645 bits per heavy atom. The fraction of sp³-hybridized carbons (Fsp3) is 0.947. The molecule has 0 radical (unpaired) electrons. The third-order valence-electron chi connectivity index (χ3n) is 13.6. The van der Waals surface area contributed by atoms with E-state index in [2.05, 4.69) is 31.3 Å². The summed E-state index contributed by atoms with van der Waals surface area (Å²) < 4.78 is 0. The van der Waals surface area contributed by atoms with Crippen molar-refractivity contribution in [1.82, 2.24) is 5.32 Å². The maximum Gasteiger partial charge on any atom is 0.222 e. The average molecular weight is 877 g/mol. The molecule has 0 aliphatic carbocycles. The summed E-state index contributed by atoms with van der Waals surface area (Å²) in [5, 5.41) is 33.6.